The first-order valence-electron chi connectivity index (χ1n) is 10.8. The Morgan fingerprint density at radius 1 is 1.07 bits per heavy atom. The van der Waals surface area contributed by atoms with Crippen LogP contribution < -0.4 is 4.90 Å². The van der Waals surface area contributed by atoms with E-state index in [0.717, 1.165) is 64.1 Å². The van der Waals surface area contributed by atoms with E-state index >= 15 is 0 Å². The van der Waals surface area contributed by atoms with Gasteiger partial charge in [0.15, 0.2) is 0 Å². The molecule has 2 aromatic heterocycles. The Morgan fingerprint density at radius 3 is 2.43 bits per heavy atom. The molecular weight excluding hydrogens is 368 g/mol. The van der Waals surface area contributed by atoms with E-state index in [0.29, 0.717) is 6.04 Å². The number of hydrogen-bond acceptors (Lipinski definition) is 5. The van der Waals surface area contributed by atoms with Crippen LogP contribution in [0.25, 0.3) is 10.2 Å². The fourth-order valence-corrected chi connectivity index (χ4v) is 5.87. The van der Waals surface area contributed by atoms with Gasteiger partial charge in [0, 0.05) is 26.2 Å². The summed E-state index contributed by atoms with van der Waals surface area (Å²) in [6, 6.07) is 0.377. The summed E-state index contributed by atoms with van der Waals surface area (Å²) in [6.07, 6.45) is 8.41. The molecule has 152 valence electrons. The van der Waals surface area contributed by atoms with Crippen molar-refractivity contribution in [2.75, 3.05) is 25.0 Å². The summed E-state index contributed by atoms with van der Waals surface area (Å²) in [5.74, 6) is 2.76. The van der Waals surface area contributed by atoms with Crippen LogP contribution in [0, 0.1) is 19.8 Å². The predicted molar refractivity (Wildman–Crippen MR) is 116 cm³/mol. The Kier molecular flexibility index (Phi) is 5.59. The number of aryl methyl sites for hydroxylation is 2. The third kappa shape index (κ3) is 3.63. The fourth-order valence-electron chi connectivity index (χ4n) is 4.67. The molecule has 6 heteroatoms. The third-order valence-corrected chi connectivity index (χ3v) is 7.78. The lowest BCUT2D eigenvalue weighted by molar-refractivity contribution is 0.0700. The first-order chi connectivity index (χ1) is 13.5. The van der Waals surface area contributed by atoms with E-state index in [9.17, 15) is 4.79 Å². The number of fused-ring (bicyclic) bond motifs is 1. The molecule has 0 spiro atoms. The molecule has 0 unspecified atom stereocenters. The zero-order valence-electron chi connectivity index (χ0n) is 17.6. The van der Waals surface area contributed by atoms with Crippen LogP contribution in [-0.2, 0) is 0 Å². The van der Waals surface area contributed by atoms with E-state index in [1.165, 1.54) is 32.1 Å². The predicted octanol–water partition coefficient (Wildman–Crippen LogP) is 4.95. The highest BCUT2D eigenvalue weighted by atomic mass is 32.1. The largest absolute Gasteiger partial charge is 0.356 e. The van der Waals surface area contributed by atoms with E-state index in [1.54, 1.807) is 11.3 Å². The molecule has 0 aromatic carbocycles. The summed E-state index contributed by atoms with van der Waals surface area (Å²) in [4.78, 5) is 29.0. The van der Waals surface area contributed by atoms with E-state index in [-0.39, 0.29) is 5.91 Å². The van der Waals surface area contributed by atoms with Crippen molar-refractivity contribution in [2.24, 2.45) is 5.92 Å². The Labute approximate surface area is 172 Å². The maximum Gasteiger partial charge on any atom is 0.264 e. The molecule has 2 aliphatic rings. The molecule has 0 atom stereocenters. The van der Waals surface area contributed by atoms with Crippen molar-refractivity contribution in [1.82, 2.24) is 14.9 Å². The van der Waals surface area contributed by atoms with Gasteiger partial charge < -0.3 is 9.80 Å². The van der Waals surface area contributed by atoms with Crippen LogP contribution in [-0.4, -0.2) is 47.0 Å². The minimum Gasteiger partial charge on any atom is -0.356 e. The van der Waals surface area contributed by atoms with Gasteiger partial charge in [-0.3, -0.25) is 4.79 Å². The van der Waals surface area contributed by atoms with Gasteiger partial charge in [-0.1, -0.05) is 26.2 Å². The Morgan fingerprint density at radius 2 is 1.75 bits per heavy atom. The number of thiophene rings is 1. The average Bonchev–Trinajstić information content (AvgIpc) is 3.03. The maximum absolute atomic E-state index is 13.3. The number of carbonyl (C=O) groups is 1. The first kappa shape index (κ1) is 19.6. The van der Waals surface area contributed by atoms with Crippen molar-refractivity contribution < 1.29 is 4.79 Å². The molecule has 2 aromatic rings. The maximum atomic E-state index is 13.3. The second-order valence-electron chi connectivity index (χ2n) is 8.71. The van der Waals surface area contributed by atoms with Gasteiger partial charge in [0.2, 0.25) is 0 Å². The van der Waals surface area contributed by atoms with Gasteiger partial charge >= 0.3 is 0 Å². The number of aromatic nitrogens is 2. The van der Waals surface area contributed by atoms with Crippen LogP contribution in [0.15, 0.2) is 0 Å². The molecule has 1 amide bonds. The van der Waals surface area contributed by atoms with Crippen LogP contribution >= 0.6 is 11.3 Å². The molecule has 2 fully saturated rings. The molecule has 0 bridgehead atoms. The molecule has 1 saturated heterocycles. The summed E-state index contributed by atoms with van der Waals surface area (Å²) in [5, 5.41) is 1.09. The lowest BCUT2D eigenvalue weighted by atomic mass is 9.94. The normalized spacial score (nSPS) is 19.4. The molecule has 0 N–H and O–H groups in total. The molecule has 0 radical (unpaired) electrons. The number of hydrogen-bond donors (Lipinski definition) is 0. The van der Waals surface area contributed by atoms with Gasteiger partial charge in [0.25, 0.3) is 5.91 Å². The van der Waals surface area contributed by atoms with Crippen molar-refractivity contribution in [2.45, 2.75) is 71.8 Å². The summed E-state index contributed by atoms with van der Waals surface area (Å²) in [6.45, 7) is 8.43. The van der Waals surface area contributed by atoms with E-state index in [2.05, 4.69) is 18.7 Å². The number of carbonyl (C=O) groups excluding carboxylic acids is 1. The van der Waals surface area contributed by atoms with Gasteiger partial charge in [-0.2, -0.15) is 0 Å². The number of anilines is 1. The highest BCUT2D eigenvalue weighted by Crippen LogP contribution is 2.37. The number of rotatable bonds is 3. The van der Waals surface area contributed by atoms with Crippen LogP contribution in [0.1, 0.15) is 72.9 Å². The summed E-state index contributed by atoms with van der Waals surface area (Å²) in [7, 11) is 1.98. The van der Waals surface area contributed by atoms with Crippen LogP contribution in [0.4, 0.5) is 5.82 Å². The summed E-state index contributed by atoms with van der Waals surface area (Å²) < 4.78 is 0. The second kappa shape index (κ2) is 7.97. The zero-order valence-corrected chi connectivity index (χ0v) is 18.4. The fraction of sp³-hybridized carbons (Fsp3) is 0.682. The third-order valence-electron chi connectivity index (χ3n) is 6.60. The van der Waals surface area contributed by atoms with Gasteiger partial charge in [-0.15, -0.1) is 11.3 Å². The van der Waals surface area contributed by atoms with Crippen molar-refractivity contribution in [3.63, 3.8) is 0 Å². The lowest BCUT2D eigenvalue weighted by Gasteiger charge is -2.32. The first-order valence-corrected chi connectivity index (χ1v) is 11.6. The van der Waals surface area contributed by atoms with Gasteiger partial charge in [0.05, 0.1) is 10.3 Å². The average molecular weight is 401 g/mol. The van der Waals surface area contributed by atoms with E-state index in [1.807, 2.05) is 18.9 Å². The number of amides is 1. The van der Waals surface area contributed by atoms with Gasteiger partial charge in [0.1, 0.15) is 16.5 Å². The molecule has 5 nitrogen and oxygen atoms in total. The number of nitrogens with zero attached hydrogens (tertiary/aromatic N) is 4. The SMILES string of the molecule is Cc1nc(N2CCC(C)CC2)c2c(C)c(C(=O)N(C)C3CCCCC3)sc2n1. The minimum absolute atomic E-state index is 0.156. The molecule has 3 heterocycles. The molecule has 28 heavy (non-hydrogen) atoms. The standard InChI is InChI=1S/C22H32N4OS/c1-14-10-12-26(13-11-14)20-18-15(2)19(28-21(18)24-16(3)23-20)22(27)25(4)17-8-6-5-7-9-17/h14,17H,5-13H2,1-4H3. The van der Waals surface area contributed by atoms with Crippen molar-refractivity contribution in [3.8, 4) is 0 Å². The summed E-state index contributed by atoms with van der Waals surface area (Å²) in [5.41, 5.74) is 1.06. The monoisotopic (exact) mass is 400 g/mol. The zero-order chi connectivity index (χ0) is 19.8. The van der Waals surface area contributed by atoms with Crippen molar-refractivity contribution in [3.05, 3.63) is 16.3 Å². The van der Waals surface area contributed by atoms with Crippen molar-refractivity contribution >= 4 is 33.3 Å². The Hall–Kier alpha value is -1.69. The molecule has 1 aliphatic heterocycles. The van der Waals surface area contributed by atoms with Crippen LogP contribution in [0.5, 0.6) is 0 Å². The lowest BCUT2D eigenvalue weighted by Crippen LogP contribution is -2.38. The van der Waals surface area contributed by atoms with Crippen LogP contribution in [0.3, 0.4) is 0 Å². The second-order valence-corrected chi connectivity index (χ2v) is 9.71. The minimum atomic E-state index is 0.156. The molecular formula is C22H32N4OS. The van der Waals surface area contributed by atoms with E-state index in [4.69, 9.17) is 9.97 Å². The molecule has 1 saturated carbocycles. The summed E-state index contributed by atoms with van der Waals surface area (Å²) >= 11 is 1.55. The quantitative estimate of drug-likeness (QED) is 0.731. The van der Waals surface area contributed by atoms with E-state index < -0.39 is 0 Å². The Balaban J connectivity index is 1.70. The topological polar surface area (TPSA) is 49.3 Å². The molecule has 4 rings (SSSR count). The van der Waals surface area contributed by atoms with Gasteiger partial charge in [-0.25, -0.2) is 9.97 Å². The smallest absolute Gasteiger partial charge is 0.264 e. The number of piperidine rings is 1. The van der Waals surface area contributed by atoms with Gasteiger partial charge in [-0.05, 0) is 51.0 Å². The van der Waals surface area contributed by atoms with Crippen molar-refractivity contribution in [1.29, 1.82) is 0 Å². The highest BCUT2D eigenvalue weighted by Gasteiger charge is 2.28. The van der Waals surface area contributed by atoms with Crippen LogP contribution in [0.2, 0.25) is 0 Å². The molecule has 1 aliphatic carbocycles. The Bertz CT molecular complexity index is 863. The highest BCUT2D eigenvalue weighted by molar-refractivity contribution is 7.20.